The summed E-state index contributed by atoms with van der Waals surface area (Å²) in [4.78, 5) is 14.0. The van der Waals surface area contributed by atoms with E-state index in [9.17, 15) is 4.79 Å². The Balaban J connectivity index is 2.40. The van der Waals surface area contributed by atoms with E-state index < -0.39 is 0 Å². The van der Waals surface area contributed by atoms with Gasteiger partial charge in [0.05, 0.1) is 5.56 Å². The van der Waals surface area contributed by atoms with Gasteiger partial charge in [0.15, 0.2) is 0 Å². The van der Waals surface area contributed by atoms with Crippen LogP contribution in [0.25, 0.3) is 0 Å². The van der Waals surface area contributed by atoms with E-state index >= 15 is 0 Å². The third kappa shape index (κ3) is 2.39. The van der Waals surface area contributed by atoms with E-state index in [2.05, 4.69) is 10.3 Å². The molecule has 0 saturated heterocycles. The Morgan fingerprint density at radius 2 is 2.58 bits per heavy atom. The highest BCUT2D eigenvalue weighted by Crippen LogP contribution is 1.94. The minimum Gasteiger partial charge on any atom is -0.367 e. The van der Waals surface area contributed by atoms with Crippen LogP contribution < -0.4 is 11.1 Å². The summed E-state index contributed by atoms with van der Waals surface area (Å²) in [5.74, 6) is -0.0893. The standard InChI is InChI=1S/C8H13N3O/c1-6(9)4-11-8(12)7-2-3-10-5-7/h2-3,5-6,10H,4,9H2,1H3,(H,11,12). The Labute approximate surface area is 71.2 Å². The van der Waals surface area contributed by atoms with E-state index in [0.717, 1.165) is 0 Å². The second kappa shape index (κ2) is 3.92. The quantitative estimate of drug-likeness (QED) is 0.597. The summed E-state index contributed by atoms with van der Waals surface area (Å²) in [5, 5.41) is 2.70. The molecule has 0 saturated carbocycles. The van der Waals surface area contributed by atoms with Crippen molar-refractivity contribution in [2.75, 3.05) is 6.54 Å². The van der Waals surface area contributed by atoms with Gasteiger partial charge in [-0.3, -0.25) is 4.79 Å². The summed E-state index contributed by atoms with van der Waals surface area (Å²) in [7, 11) is 0. The molecule has 0 aliphatic rings. The van der Waals surface area contributed by atoms with Gasteiger partial charge in [-0.15, -0.1) is 0 Å². The van der Waals surface area contributed by atoms with Crippen LogP contribution in [-0.4, -0.2) is 23.5 Å². The summed E-state index contributed by atoms with van der Waals surface area (Å²) in [6.45, 7) is 2.35. The lowest BCUT2D eigenvalue weighted by Crippen LogP contribution is -2.34. The highest BCUT2D eigenvalue weighted by atomic mass is 16.1. The molecule has 0 fully saturated rings. The monoisotopic (exact) mass is 167 g/mol. The normalized spacial score (nSPS) is 12.5. The molecule has 4 heteroatoms. The molecule has 1 aromatic rings. The molecule has 1 heterocycles. The second-order valence-electron chi connectivity index (χ2n) is 2.79. The number of nitrogens with one attached hydrogen (secondary N) is 2. The molecule has 4 nitrogen and oxygen atoms in total. The molecular weight excluding hydrogens is 154 g/mol. The molecule has 0 bridgehead atoms. The predicted octanol–water partition coefficient (Wildman–Crippen LogP) is 0.0917. The molecule has 1 unspecified atom stereocenters. The number of hydrogen-bond donors (Lipinski definition) is 3. The van der Waals surface area contributed by atoms with Gasteiger partial charge >= 0.3 is 0 Å². The van der Waals surface area contributed by atoms with Crippen molar-refractivity contribution >= 4 is 5.91 Å². The van der Waals surface area contributed by atoms with Gasteiger partial charge < -0.3 is 16.0 Å². The summed E-state index contributed by atoms with van der Waals surface area (Å²) < 4.78 is 0. The molecular formula is C8H13N3O. The fourth-order valence-electron chi connectivity index (χ4n) is 0.821. The van der Waals surface area contributed by atoms with Crippen molar-refractivity contribution in [1.29, 1.82) is 0 Å². The van der Waals surface area contributed by atoms with E-state index in [1.54, 1.807) is 18.5 Å². The van der Waals surface area contributed by atoms with Gasteiger partial charge in [-0.2, -0.15) is 0 Å². The van der Waals surface area contributed by atoms with Crippen LogP contribution in [-0.2, 0) is 0 Å². The van der Waals surface area contributed by atoms with E-state index in [0.29, 0.717) is 12.1 Å². The maximum Gasteiger partial charge on any atom is 0.252 e. The fraction of sp³-hybridized carbons (Fsp3) is 0.375. The van der Waals surface area contributed by atoms with Crippen molar-refractivity contribution in [1.82, 2.24) is 10.3 Å². The maximum atomic E-state index is 11.2. The van der Waals surface area contributed by atoms with Crippen LogP contribution in [0.4, 0.5) is 0 Å². The number of carbonyl (C=O) groups excluding carboxylic acids is 1. The van der Waals surface area contributed by atoms with Crippen molar-refractivity contribution in [2.45, 2.75) is 13.0 Å². The number of nitrogens with two attached hydrogens (primary N) is 1. The van der Waals surface area contributed by atoms with Crippen LogP contribution in [0.1, 0.15) is 17.3 Å². The van der Waals surface area contributed by atoms with Crippen LogP contribution in [0, 0.1) is 0 Å². The zero-order valence-electron chi connectivity index (χ0n) is 7.00. The summed E-state index contributed by atoms with van der Waals surface area (Å²) in [5.41, 5.74) is 6.11. The molecule has 1 aromatic heterocycles. The first kappa shape index (κ1) is 8.80. The van der Waals surface area contributed by atoms with Crippen molar-refractivity contribution in [3.8, 4) is 0 Å². The Morgan fingerprint density at radius 1 is 1.83 bits per heavy atom. The molecule has 12 heavy (non-hydrogen) atoms. The number of carbonyl (C=O) groups is 1. The minimum atomic E-state index is -0.0893. The van der Waals surface area contributed by atoms with Crippen LogP contribution in [0.2, 0.25) is 0 Å². The highest BCUT2D eigenvalue weighted by Gasteiger charge is 2.04. The van der Waals surface area contributed by atoms with Crippen LogP contribution in [0.3, 0.4) is 0 Å². The minimum absolute atomic E-state index is 0.00658. The number of aromatic amines is 1. The Morgan fingerprint density at radius 3 is 3.08 bits per heavy atom. The predicted molar refractivity (Wildman–Crippen MR) is 46.8 cm³/mol. The van der Waals surface area contributed by atoms with Gasteiger partial charge in [-0.1, -0.05) is 0 Å². The SMILES string of the molecule is CC(N)CNC(=O)c1cc[nH]c1. The maximum absolute atomic E-state index is 11.2. The van der Waals surface area contributed by atoms with Gasteiger partial charge in [0.1, 0.15) is 0 Å². The summed E-state index contributed by atoms with van der Waals surface area (Å²) in [6.07, 6.45) is 3.36. The van der Waals surface area contributed by atoms with E-state index in [-0.39, 0.29) is 11.9 Å². The zero-order valence-corrected chi connectivity index (χ0v) is 7.00. The van der Waals surface area contributed by atoms with Gasteiger partial charge in [-0.25, -0.2) is 0 Å². The molecule has 1 atom stereocenters. The Hall–Kier alpha value is -1.29. The average molecular weight is 167 g/mol. The second-order valence-corrected chi connectivity index (χ2v) is 2.79. The number of aromatic nitrogens is 1. The van der Waals surface area contributed by atoms with Gasteiger partial charge in [0.25, 0.3) is 5.91 Å². The van der Waals surface area contributed by atoms with Gasteiger partial charge in [0, 0.05) is 25.0 Å². The Kier molecular flexibility index (Phi) is 2.88. The molecule has 4 N–H and O–H groups in total. The van der Waals surface area contributed by atoms with Gasteiger partial charge in [0.2, 0.25) is 0 Å². The van der Waals surface area contributed by atoms with Crippen molar-refractivity contribution in [3.63, 3.8) is 0 Å². The fourth-order valence-corrected chi connectivity index (χ4v) is 0.821. The molecule has 0 aliphatic carbocycles. The zero-order chi connectivity index (χ0) is 8.97. The molecule has 66 valence electrons. The molecule has 0 radical (unpaired) electrons. The average Bonchev–Trinajstić information content (AvgIpc) is 2.51. The number of rotatable bonds is 3. The van der Waals surface area contributed by atoms with Crippen molar-refractivity contribution < 1.29 is 4.79 Å². The van der Waals surface area contributed by atoms with Crippen molar-refractivity contribution in [2.24, 2.45) is 5.73 Å². The topological polar surface area (TPSA) is 70.9 Å². The third-order valence-electron chi connectivity index (χ3n) is 1.44. The molecule has 1 rings (SSSR count). The van der Waals surface area contributed by atoms with Crippen LogP contribution in [0.15, 0.2) is 18.5 Å². The lowest BCUT2D eigenvalue weighted by molar-refractivity contribution is 0.0952. The van der Waals surface area contributed by atoms with Gasteiger partial charge in [-0.05, 0) is 13.0 Å². The highest BCUT2D eigenvalue weighted by molar-refractivity contribution is 5.93. The number of H-pyrrole nitrogens is 1. The van der Waals surface area contributed by atoms with Crippen molar-refractivity contribution in [3.05, 3.63) is 24.0 Å². The lowest BCUT2D eigenvalue weighted by atomic mass is 10.3. The van der Waals surface area contributed by atoms with Crippen LogP contribution in [0.5, 0.6) is 0 Å². The van der Waals surface area contributed by atoms with Crippen LogP contribution >= 0.6 is 0 Å². The largest absolute Gasteiger partial charge is 0.367 e. The molecule has 0 spiro atoms. The third-order valence-corrected chi connectivity index (χ3v) is 1.44. The first-order valence-electron chi connectivity index (χ1n) is 3.86. The molecule has 0 aromatic carbocycles. The van der Waals surface area contributed by atoms with E-state index in [4.69, 9.17) is 5.73 Å². The molecule has 0 aliphatic heterocycles. The number of amides is 1. The van der Waals surface area contributed by atoms with E-state index in [1.807, 2.05) is 6.92 Å². The first-order valence-corrected chi connectivity index (χ1v) is 3.86. The molecule has 1 amide bonds. The Bertz CT molecular complexity index is 241. The summed E-state index contributed by atoms with van der Waals surface area (Å²) in [6, 6.07) is 1.71. The summed E-state index contributed by atoms with van der Waals surface area (Å²) >= 11 is 0. The first-order chi connectivity index (χ1) is 5.70. The number of hydrogen-bond acceptors (Lipinski definition) is 2. The van der Waals surface area contributed by atoms with E-state index in [1.165, 1.54) is 0 Å². The smallest absolute Gasteiger partial charge is 0.252 e. The lowest BCUT2D eigenvalue weighted by Gasteiger charge is -2.05.